The highest BCUT2D eigenvalue weighted by Gasteiger charge is 2.13. The number of non-ortho nitro benzene ring substituents is 1. The summed E-state index contributed by atoms with van der Waals surface area (Å²) in [6, 6.07) is 9.79. The van der Waals surface area contributed by atoms with Gasteiger partial charge in [0, 0.05) is 22.6 Å². The van der Waals surface area contributed by atoms with Crippen molar-refractivity contribution in [3.05, 3.63) is 52.1 Å². The fraction of sp³-hybridized carbons (Fsp3) is 0.125. The summed E-state index contributed by atoms with van der Waals surface area (Å²) in [7, 11) is 3.12. The normalized spacial score (nSPS) is 10.5. The van der Waals surface area contributed by atoms with Crippen LogP contribution in [-0.2, 0) is 0 Å². The van der Waals surface area contributed by atoms with Gasteiger partial charge in [0.25, 0.3) is 5.69 Å². The largest absolute Gasteiger partial charge is 0.497 e. The molecule has 2 rings (SSSR count). The van der Waals surface area contributed by atoms with Gasteiger partial charge in [0.15, 0.2) is 0 Å². The molecule has 0 aliphatic carbocycles. The van der Waals surface area contributed by atoms with Crippen molar-refractivity contribution in [2.75, 3.05) is 14.2 Å². The van der Waals surface area contributed by atoms with Crippen LogP contribution in [0.4, 0.5) is 5.69 Å². The summed E-state index contributed by atoms with van der Waals surface area (Å²) in [6.07, 6.45) is 1.35. The lowest BCUT2D eigenvalue weighted by Crippen LogP contribution is -2.21. The second kappa shape index (κ2) is 8.72. The van der Waals surface area contributed by atoms with E-state index < -0.39 is 4.92 Å². The van der Waals surface area contributed by atoms with Gasteiger partial charge in [0.05, 0.1) is 30.3 Å². The van der Waals surface area contributed by atoms with Crippen molar-refractivity contribution >= 4 is 29.6 Å². The van der Waals surface area contributed by atoms with E-state index in [2.05, 4.69) is 10.2 Å². The Morgan fingerprint density at radius 1 is 1.15 bits per heavy atom. The van der Waals surface area contributed by atoms with Crippen molar-refractivity contribution in [1.82, 2.24) is 0 Å². The summed E-state index contributed by atoms with van der Waals surface area (Å²) < 4.78 is 10.6. The first kappa shape index (κ1) is 19.1. The number of benzene rings is 2. The van der Waals surface area contributed by atoms with E-state index >= 15 is 0 Å². The molecule has 0 radical (unpaired) electrons. The van der Waals surface area contributed by atoms with E-state index in [0.29, 0.717) is 22.0 Å². The summed E-state index contributed by atoms with van der Waals surface area (Å²) in [6.45, 7) is 0. The predicted molar refractivity (Wildman–Crippen MR) is 100 cm³/mol. The molecule has 0 saturated heterocycles. The average Bonchev–Trinajstić information content (AvgIpc) is 2.62. The van der Waals surface area contributed by atoms with Gasteiger partial charge < -0.3 is 20.9 Å². The molecule has 0 amide bonds. The molecule has 0 atom stereocenters. The van der Waals surface area contributed by atoms with Crippen LogP contribution < -0.4 is 20.9 Å². The molecular formula is C16H17N5O4S. The summed E-state index contributed by atoms with van der Waals surface area (Å²) in [5, 5.41) is 18.3. The Kier molecular flexibility index (Phi) is 6.39. The lowest BCUT2D eigenvalue weighted by Gasteiger charge is -2.11. The van der Waals surface area contributed by atoms with E-state index in [9.17, 15) is 10.1 Å². The van der Waals surface area contributed by atoms with E-state index in [1.165, 1.54) is 30.1 Å². The molecule has 136 valence electrons. The molecule has 0 aliphatic heterocycles. The van der Waals surface area contributed by atoms with E-state index in [-0.39, 0.29) is 11.6 Å². The number of hydrogen-bond donors (Lipinski definition) is 2. The monoisotopic (exact) mass is 375 g/mol. The molecule has 0 aromatic heterocycles. The molecule has 0 aliphatic rings. The average molecular weight is 375 g/mol. The third-order valence-electron chi connectivity index (χ3n) is 3.16. The first-order valence-corrected chi connectivity index (χ1v) is 8.06. The minimum absolute atomic E-state index is 0.0712. The zero-order valence-electron chi connectivity index (χ0n) is 14.1. The lowest BCUT2D eigenvalue weighted by molar-refractivity contribution is -0.384. The molecule has 26 heavy (non-hydrogen) atoms. The quantitative estimate of drug-likeness (QED) is 0.328. The molecule has 0 heterocycles. The van der Waals surface area contributed by atoms with Crippen LogP contribution in [0.25, 0.3) is 0 Å². The van der Waals surface area contributed by atoms with Crippen LogP contribution in [0.3, 0.4) is 0 Å². The number of nitro groups is 1. The van der Waals surface area contributed by atoms with Crippen LogP contribution in [0, 0.1) is 10.1 Å². The summed E-state index contributed by atoms with van der Waals surface area (Å²) in [5.41, 5.74) is 10.9. The molecule has 2 aromatic rings. The van der Waals surface area contributed by atoms with Gasteiger partial charge in [-0.2, -0.15) is 5.10 Å². The minimum Gasteiger partial charge on any atom is -0.497 e. The maximum atomic E-state index is 11.0. The van der Waals surface area contributed by atoms with Gasteiger partial charge >= 0.3 is 0 Å². The Morgan fingerprint density at radius 3 is 2.54 bits per heavy atom. The van der Waals surface area contributed by atoms with Crippen LogP contribution in [0.1, 0.15) is 5.56 Å². The highest BCUT2D eigenvalue weighted by molar-refractivity contribution is 7.99. The van der Waals surface area contributed by atoms with E-state index in [4.69, 9.17) is 20.9 Å². The number of nitro benzene ring substituents is 1. The highest BCUT2D eigenvalue weighted by atomic mass is 32.2. The molecule has 9 nitrogen and oxygen atoms in total. The number of ether oxygens (including phenoxy) is 2. The van der Waals surface area contributed by atoms with E-state index in [0.717, 1.165) is 4.90 Å². The Labute approximate surface area is 153 Å². The lowest BCUT2D eigenvalue weighted by atomic mass is 10.2. The van der Waals surface area contributed by atoms with Crippen molar-refractivity contribution in [3.63, 3.8) is 0 Å². The van der Waals surface area contributed by atoms with Gasteiger partial charge in [0.1, 0.15) is 11.5 Å². The standard InChI is InChI=1S/C16H17N5O4S/c1-24-12-4-5-13(25-2)15(8-12)26-14-6-3-11(21(22)23)7-10(14)9-19-20-16(17)18/h3-9H,1-2H3,(H4,17,18,20)/b19-9+. The smallest absolute Gasteiger partial charge is 0.270 e. The number of methoxy groups -OCH3 is 2. The number of guanidine groups is 1. The molecular weight excluding hydrogens is 358 g/mol. The number of rotatable bonds is 7. The molecule has 0 spiro atoms. The molecule has 0 fully saturated rings. The summed E-state index contributed by atoms with van der Waals surface area (Å²) in [4.78, 5) is 12.0. The van der Waals surface area contributed by atoms with Crippen LogP contribution >= 0.6 is 11.8 Å². The van der Waals surface area contributed by atoms with Gasteiger partial charge in [-0.3, -0.25) is 10.1 Å². The maximum Gasteiger partial charge on any atom is 0.270 e. The Balaban J connectivity index is 2.46. The van der Waals surface area contributed by atoms with Crippen LogP contribution in [0.2, 0.25) is 0 Å². The van der Waals surface area contributed by atoms with E-state index in [1.54, 1.807) is 32.4 Å². The van der Waals surface area contributed by atoms with Gasteiger partial charge in [-0.05, 0) is 24.3 Å². The Hall–Kier alpha value is -3.27. The van der Waals surface area contributed by atoms with Crippen molar-refractivity contribution in [1.29, 1.82) is 0 Å². The zero-order valence-corrected chi connectivity index (χ0v) is 14.9. The maximum absolute atomic E-state index is 11.0. The topological polar surface area (TPSA) is 138 Å². The molecule has 2 aromatic carbocycles. The van der Waals surface area contributed by atoms with Crippen molar-refractivity contribution < 1.29 is 14.4 Å². The van der Waals surface area contributed by atoms with Gasteiger partial charge in [-0.25, -0.2) is 0 Å². The molecule has 0 unspecified atom stereocenters. The molecule has 4 N–H and O–H groups in total. The fourth-order valence-electron chi connectivity index (χ4n) is 1.98. The number of nitrogens with zero attached hydrogens (tertiary/aromatic N) is 3. The SMILES string of the molecule is COc1ccc(OC)c(Sc2ccc([N+](=O)[O-])cc2/C=N/N=C(N)N)c1. The third kappa shape index (κ3) is 4.86. The molecule has 0 saturated carbocycles. The minimum atomic E-state index is -0.488. The third-order valence-corrected chi connectivity index (χ3v) is 4.30. The van der Waals surface area contributed by atoms with Gasteiger partial charge in [-0.1, -0.05) is 11.8 Å². The van der Waals surface area contributed by atoms with Crippen LogP contribution in [0.15, 0.2) is 56.4 Å². The van der Waals surface area contributed by atoms with Crippen LogP contribution in [0.5, 0.6) is 11.5 Å². The highest BCUT2D eigenvalue weighted by Crippen LogP contribution is 2.39. The number of nitrogens with two attached hydrogens (primary N) is 2. The molecule has 10 heteroatoms. The second-order valence-corrected chi connectivity index (χ2v) is 5.95. The summed E-state index contributed by atoms with van der Waals surface area (Å²) >= 11 is 1.34. The van der Waals surface area contributed by atoms with Crippen molar-refractivity contribution in [3.8, 4) is 11.5 Å². The zero-order chi connectivity index (χ0) is 19.1. The van der Waals surface area contributed by atoms with Crippen molar-refractivity contribution in [2.24, 2.45) is 21.7 Å². The molecule has 0 bridgehead atoms. The van der Waals surface area contributed by atoms with Gasteiger partial charge in [0.2, 0.25) is 5.96 Å². The Bertz CT molecular complexity index is 866. The van der Waals surface area contributed by atoms with Crippen LogP contribution in [-0.4, -0.2) is 31.3 Å². The first-order valence-electron chi connectivity index (χ1n) is 7.25. The first-order chi connectivity index (χ1) is 12.4. The number of hydrogen-bond acceptors (Lipinski definition) is 7. The second-order valence-electron chi connectivity index (χ2n) is 4.87. The fourth-order valence-corrected chi connectivity index (χ4v) is 3.01. The van der Waals surface area contributed by atoms with Gasteiger partial charge in [-0.15, -0.1) is 5.10 Å². The predicted octanol–water partition coefficient (Wildman–Crippen LogP) is 2.37. The Morgan fingerprint density at radius 2 is 1.92 bits per heavy atom. The van der Waals surface area contributed by atoms with E-state index in [1.807, 2.05) is 6.07 Å². The summed E-state index contributed by atoms with van der Waals surface area (Å²) in [5.74, 6) is 1.09. The van der Waals surface area contributed by atoms with Crippen molar-refractivity contribution in [2.45, 2.75) is 9.79 Å².